The van der Waals surface area contributed by atoms with Crippen LogP contribution in [0.25, 0.3) is 27.8 Å². The molecule has 1 amide bonds. The second-order valence-corrected chi connectivity index (χ2v) is 9.54. The summed E-state index contributed by atoms with van der Waals surface area (Å²) in [5.74, 6) is 1.00. The average Bonchev–Trinajstić information content (AvgIpc) is 3.44. The van der Waals surface area contributed by atoms with Gasteiger partial charge in [0.2, 0.25) is 5.91 Å². The Bertz CT molecular complexity index is 1310. The third kappa shape index (κ3) is 4.02. The number of H-pyrrole nitrogens is 1. The normalized spacial score (nSPS) is 15.7. The second kappa shape index (κ2) is 8.63. The summed E-state index contributed by atoms with van der Waals surface area (Å²) in [6.45, 7) is 9.02. The van der Waals surface area contributed by atoms with Crippen molar-refractivity contribution in [3.05, 3.63) is 53.5 Å². The molecule has 2 N–H and O–H groups in total. The fourth-order valence-corrected chi connectivity index (χ4v) is 5.25. The van der Waals surface area contributed by atoms with Crippen LogP contribution in [0.3, 0.4) is 0 Å². The first-order valence-corrected chi connectivity index (χ1v) is 11.8. The zero-order valence-electron chi connectivity index (χ0n) is 19.9. The summed E-state index contributed by atoms with van der Waals surface area (Å²) < 4.78 is 1.86. The minimum absolute atomic E-state index is 0.0932. The molecule has 0 bridgehead atoms. The van der Waals surface area contributed by atoms with Crippen molar-refractivity contribution in [3.8, 4) is 11.3 Å². The largest absolute Gasteiger partial charge is 0.358 e. The van der Waals surface area contributed by atoms with Gasteiger partial charge in [0, 0.05) is 29.7 Å². The van der Waals surface area contributed by atoms with Crippen molar-refractivity contribution in [2.24, 2.45) is 0 Å². The number of aryl methyl sites for hydroxylation is 1. The lowest BCUT2D eigenvalue weighted by atomic mass is 9.87. The van der Waals surface area contributed by atoms with E-state index in [0.29, 0.717) is 18.4 Å². The van der Waals surface area contributed by atoms with E-state index in [2.05, 4.69) is 76.5 Å². The Morgan fingerprint density at radius 1 is 1.24 bits per heavy atom. The number of piperidine rings is 1. The Hall–Kier alpha value is -3.19. The number of carbonyl (C=O) groups excluding carboxylic acids is 1. The van der Waals surface area contributed by atoms with E-state index in [1.54, 1.807) is 13.4 Å². The highest BCUT2D eigenvalue weighted by Gasteiger charge is 2.24. The Morgan fingerprint density at radius 3 is 2.76 bits per heavy atom. The van der Waals surface area contributed by atoms with E-state index >= 15 is 0 Å². The minimum Gasteiger partial charge on any atom is -0.358 e. The lowest BCUT2D eigenvalue weighted by Crippen LogP contribution is -2.40. The van der Waals surface area contributed by atoms with Gasteiger partial charge in [0.05, 0.1) is 12.2 Å². The molecular formula is C26H32N6O. The van der Waals surface area contributed by atoms with E-state index in [1.165, 1.54) is 22.0 Å². The van der Waals surface area contributed by atoms with Gasteiger partial charge in [-0.15, -0.1) is 0 Å². The summed E-state index contributed by atoms with van der Waals surface area (Å²) in [6, 6.07) is 9.10. The number of amides is 1. The molecule has 7 heteroatoms. The van der Waals surface area contributed by atoms with Gasteiger partial charge in [-0.1, -0.05) is 19.9 Å². The number of rotatable bonds is 5. The lowest BCUT2D eigenvalue weighted by Gasteiger charge is -2.31. The minimum atomic E-state index is 0.0932. The Balaban J connectivity index is 1.48. The predicted octanol–water partition coefficient (Wildman–Crippen LogP) is 4.23. The molecule has 7 nitrogen and oxygen atoms in total. The summed E-state index contributed by atoms with van der Waals surface area (Å²) in [5.41, 5.74) is 8.23. The van der Waals surface area contributed by atoms with Crippen LogP contribution in [-0.2, 0) is 4.79 Å². The number of nitrogens with one attached hydrogen (secondary N) is 2. The molecule has 5 rings (SSSR count). The van der Waals surface area contributed by atoms with Crippen LogP contribution in [-0.4, -0.2) is 57.1 Å². The maximum atomic E-state index is 11.7. The zero-order valence-corrected chi connectivity index (χ0v) is 19.9. The van der Waals surface area contributed by atoms with E-state index in [1.807, 2.05) is 4.52 Å². The van der Waals surface area contributed by atoms with Crippen molar-refractivity contribution in [2.75, 3.05) is 26.7 Å². The number of aromatic nitrogens is 4. The fraction of sp³-hybridized carbons (Fsp3) is 0.423. The van der Waals surface area contributed by atoms with E-state index < -0.39 is 0 Å². The standard InChI is InChI=1S/C26H32N6O/c1-16(2)24-21-12-19(18-7-9-31(10-8-18)14-23(33)27-4)5-6-22(21)30-25(24)20-11-17(3)26-28-15-29-32(26)13-20/h5-6,11-13,15-16,18,30H,7-10,14H2,1-4H3,(H,27,33). The molecule has 1 fully saturated rings. The van der Waals surface area contributed by atoms with Crippen molar-refractivity contribution in [2.45, 2.75) is 45.4 Å². The van der Waals surface area contributed by atoms with Crippen molar-refractivity contribution < 1.29 is 4.79 Å². The van der Waals surface area contributed by atoms with Crippen molar-refractivity contribution >= 4 is 22.5 Å². The van der Waals surface area contributed by atoms with Crippen LogP contribution in [0.4, 0.5) is 0 Å². The number of aromatic amines is 1. The van der Waals surface area contributed by atoms with Gasteiger partial charge in [-0.25, -0.2) is 9.50 Å². The number of hydrogen-bond acceptors (Lipinski definition) is 4. The third-order valence-electron chi connectivity index (χ3n) is 6.99. The molecule has 172 valence electrons. The van der Waals surface area contributed by atoms with E-state index in [-0.39, 0.29) is 5.91 Å². The highest BCUT2D eigenvalue weighted by molar-refractivity contribution is 5.92. The summed E-state index contributed by atoms with van der Waals surface area (Å²) >= 11 is 0. The quantitative estimate of drug-likeness (QED) is 0.483. The average molecular weight is 445 g/mol. The molecule has 1 aliphatic heterocycles. The highest BCUT2D eigenvalue weighted by Crippen LogP contribution is 2.38. The molecule has 0 unspecified atom stereocenters. The first kappa shape index (κ1) is 21.6. The third-order valence-corrected chi connectivity index (χ3v) is 6.99. The monoisotopic (exact) mass is 444 g/mol. The molecule has 0 atom stereocenters. The Labute approximate surface area is 194 Å². The molecule has 4 aromatic rings. The van der Waals surface area contributed by atoms with Gasteiger partial charge in [-0.3, -0.25) is 9.69 Å². The van der Waals surface area contributed by atoms with Crippen molar-refractivity contribution in [1.29, 1.82) is 0 Å². The van der Waals surface area contributed by atoms with Gasteiger partial charge in [-0.05, 0) is 79.6 Å². The van der Waals surface area contributed by atoms with Crippen LogP contribution in [0, 0.1) is 6.92 Å². The van der Waals surface area contributed by atoms with Gasteiger partial charge in [0.25, 0.3) is 0 Å². The number of pyridine rings is 1. The fourth-order valence-electron chi connectivity index (χ4n) is 5.25. The SMILES string of the molecule is CNC(=O)CN1CCC(c2ccc3[nH]c(-c4cc(C)c5ncnn5c4)c(C(C)C)c3c2)CC1. The Kier molecular flexibility index (Phi) is 5.66. The molecule has 0 saturated carbocycles. The van der Waals surface area contributed by atoms with Crippen LogP contribution in [0.2, 0.25) is 0 Å². The number of likely N-dealkylation sites (N-methyl/N-ethyl adjacent to an activating group) is 1. The first-order chi connectivity index (χ1) is 15.9. The molecule has 1 saturated heterocycles. The molecule has 0 spiro atoms. The van der Waals surface area contributed by atoms with Gasteiger partial charge < -0.3 is 10.3 Å². The second-order valence-electron chi connectivity index (χ2n) is 9.54. The molecule has 3 aromatic heterocycles. The molecule has 0 radical (unpaired) electrons. The number of benzene rings is 1. The summed E-state index contributed by atoms with van der Waals surface area (Å²) in [4.78, 5) is 22.0. The zero-order chi connectivity index (χ0) is 23.1. The maximum Gasteiger partial charge on any atom is 0.233 e. The summed E-state index contributed by atoms with van der Waals surface area (Å²) in [7, 11) is 1.70. The molecular weight excluding hydrogens is 412 g/mol. The summed E-state index contributed by atoms with van der Waals surface area (Å²) in [6.07, 6.45) is 5.83. The van der Waals surface area contributed by atoms with Crippen LogP contribution in [0.1, 0.15) is 55.2 Å². The van der Waals surface area contributed by atoms with E-state index in [9.17, 15) is 4.79 Å². The number of likely N-dealkylation sites (tertiary alicyclic amines) is 1. The van der Waals surface area contributed by atoms with Gasteiger partial charge in [0.15, 0.2) is 5.65 Å². The first-order valence-electron chi connectivity index (χ1n) is 11.8. The van der Waals surface area contributed by atoms with Crippen molar-refractivity contribution in [1.82, 2.24) is 29.8 Å². The lowest BCUT2D eigenvalue weighted by molar-refractivity contribution is -0.122. The molecule has 33 heavy (non-hydrogen) atoms. The van der Waals surface area contributed by atoms with Crippen LogP contribution in [0.15, 0.2) is 36.8 Å². The number of nitrogens with zero attached hydrogens (tertiary/aromatic N) is 4. The topological polar surface area (TPSA) is 78.3 Å². The van der Waals surface area contributed by atoms with Gasteiger partial charge >= 0.3 is 0 Å². The molecule has 1 aromatic carbocycles. The Morgan fingerprint density at radius 2 is 2.03 bits per heavy atom. The van der Waals surface area contributed by atoms with E-state index in [0.717, 1.165) is 48.4 Å². The number of carbonyl (C=O) groups is 1. The highest BCUT2D eigenvalue weighted by atomic mass is 16.1. The van der Waals surface area contributed by atoms with Gasteiger partial charge in [-0.2, -0.15) is 5.10 Å². The van der Waals surface area contributed by atoms with Crippen LogP contribution < -0.4 is 5.32 Å². The number of hydrogen-bond donors (Lipinski definition) is 2. The maximum absolute atomic E-state index is 11.7. The number of fused-ring (bicyclic) bond motifs is 2. The van der Waals surface area contributed by atoms with Crippen LogP contribution in [0.5, 0.6) is 0 Å². The van der Waals surface area contributed by atoms with E-state index in [4.69, 9.17) is 0 Å². The van der Waals surface area contributed by atoms with Crippen LogP contribution >= 0.6 is 0 Å². The smallest absolute Gasteiger partial charge is 0.233 e. The molecule has 1 aliphatic rings. The molecule has 0 aliphatic carbocycles. The van der Waals surface area contributed by atoms with Crippen molar-refractivity contribution in [3.63, 3.8) is 0 Å². The predicted molar refractivity (Wildman–Crippen MR) is 132 cm³/mol. The summed E-state index contributed by atoms with van der Waals surface area (Å²) in [5, 5.41) is 8.40. The molecule has 4 heterocycles. The van der Waals surface area contributed by atoms with Gasteiger partial charge in [0.1, 0.15) is 6.33 Å².